The van der Waals surface area contributed by atoms with Crippen molar-refractivity contribution in [3.8, 4) is 0 Å². The molecule has 1 aliphatic rings. The average Bonchev–Trinajstić information content (AvgIpc) is 2.23. The molecule has 0 fully saturated rings. The van der Waals surface area contributed by atoms with Gasteiger partial charge in [-0.25, -0.2) is 4.79 Å². The van der Waals surface area contributed by atoms with E-state index in [1.54, 1.807) is 6.08 Å². The third kappa shape index (κ3) is 2.87. The quantitative estimate of drug-likeness (QED) is 0.767. The van der Waals surface area contributed by atoms with Crippen molar-refractivity contribution in [1.82, 2.24) is 9.80 Å². The highest BCUT2D eigenvalue weighted by molar-refractivity contribution is 5.96. The molecule has 2 unspecified atom stereocenters. The molecule has 5 heteroatoms. The molecule has 0 bridgehead atoms. The molecule has 2 N–H and O–H groups in total. The largest absolute Gasteiger partial charge is 0.465 e. The Bertz CT molecular complexity index is 385. The summed E-state index contributed by atoms with van der Waals surface area (Å²) in [7, 11) is 5.33. The van der Waals surface area contributed by atoms with Crippen LogP contribution in [-0.4, -0.2) is 53.9 Å². The number of carbonyl (C=O) groups is 1. The molecule has 1 aliphatic carbocycles. The molecule has 0 saturated carbocycles. The van der Waals surface area contributed by atoms with E-state index >= 15 is 0 Å². The van der Waals surface area contributed by atoms with Gasteiger partial charge in [-0.05, 0) is 5.57 Å². The maximum Gasteiger partial charge on any atom is 0.407 e. The smallest absolute Gasteiger partial charge is 0.407 e. The topological polar surface area (TPSA) is 67.6 Å². The third-order valence-corrected chi connectivity index (χ3v) is 2.88. The molecule has 0 aromatic carbocycles. The Morgan fingerprint density at radius 2 is 2.06 bits per heavy atom. The lowest BCUT2D eigenvalue weighted by molar-refractivity contribution is 0.154. The zero-order chi connectivity index (χ0) is 13.2. The monoisotopic (exact) mass is 237 g/mol. The Hall–Kier alpha value is -1.78. The van der Waals surface area contributed by atoms with Crippen molar-refractivity contribution >= 4 is 11.8 Å². The van der Waals surface area contributed by atoms with E-state index in [2.05, 4.69) is 0 Å². The molecule has 0 aromatic heterocycles. The number of nitrogens with one attached hydrogen (secondary N) is 1. The van der Waals surface area contributed by atoms with Gasteiger partial charge in [0.2, 0.25) is 0 Å². The van der Waals surface area contributed by atoms with Gasteiger partial charge in [0.05, 0.1) is 6.04 Å². The van der Waals surface area contributed by atoms with Gasteiger partial charge in [0, 0.05) is 39.0 Å². The van der Waals surface area contributed by atoms with Crippen LogP contribution in [0, 0.1) is 11.3 Å². The van der Waals surface area contributed by atoms with E-state index in [1.165, 1.54) is 7.05 Å². The zero-order valence-corrected chi connectivity index (χ0v) is 10.6. The van der Waals surface area contributed by atoms with Crippen LogP contribution in [0.4, 0.5) is 4.79 Å². The predicted molar refractivity (Wildman–Crippen MR) is 67.4 cm³/mol. The average molecular weight is 237 g/mol. The summed E-state index contributed by atoms with van der Waals surface area (Å²) < 4.78 is 0. The standard InChI is InChI=1S/C12H19N3O2/c1-8-9(7-14(2)3)5-6-10(11(8)13)15(4)12(16)17/h5-8,10,13H,1-4H3,(H,16,17). The lowest BCUT2D eigenvalue weighted by Gasteiger charge is -2.31. The highest BCUT2D eigenvalue weighted by Crippen LogP contribution is 2.23. The normalized spacial score (nSPS) is 26.1. The first-order valence-corrected chi connectivity index (χ1v) is 5.45. The number of hydrogen-bond acceptors (Lipinski definition) is 3. The van der Waals surface area contributed by atoms with Crippen LogP contribution in [0.2, 0.25) is 0 Å². The van der Waals surface area contributed by atoms with E-state index in [1.807, 2.05) is 38.2 Å². The highest BCUT2D eigenvalue weighted by atomic mass is 16.4. The lowest BCUT2D eigenvalue weighted by Crippen LogP contribution is -2.44. The molecule has 0 spiro atoms. The van der Waals surface area contributed by atoms with Crippen LogP contribution in [0.1, 0.15) is 6.92 Å². The van der Waals surface area contributed by atoms with E-state index in [9.17, 15) is 4.79 Å². The van der Waals surface area contributed by atoms with Crippen molar-refractivity contribution in [3.05, 3.63) is 23.9 Å². The molecular weight excluding hydrogens is 218 g/mol. The third-order valence-electron chi connectivity index (χ3n) is 2.88. The number of likely N-dealkylation sites (N-methyl/N-ethyl adjacent to an activating group) is 1. The van der Waals surface area contributed by atoms with Crippen LogP contribution in [0.15, 0.2) is 23.9 Å². The van der Waals surface area contributed by atoms with Crippen molar-refractivity contribution in [2.75, 3.05) is 21.1 Å². The highest BCUT2D eigenvalue weighted by Gasteiger charge is 2.29. The number of carboxylic acid groups (broad SMARTS) is 1. The van der Waals surface area contributed by atoms with Crippen LogP contribution < -0.4 is 0 Å². The van der Waals surface area contributed by atoms with Crippen molar-refractivity contribution in [1.29, 1.82) is 5.41 Å². The van der Waals surface area contributed by atoms with E-state index in [0.29, 0.717) is 5.71 Å². The SMILES string of the molecule is CC1C(=N)C(N(C)C(=O)O)C=CC1=CN(C)C. The van der Waals surface area contributed by atoms with Crippen LogP contribution in [-0.2, 0) is 0 Å². The molecule has 0 aliphatic heterocycles. The number of rotatable bonds is 2. The second kappa shape index (κ2) is 5.03. The van der Waals surface area contributed by atoms with Crippen molar-refractivity contribution in [3.63, 3.8) is 0 Å². The predicted octanol–water partition coefficient (Wildman–Crippen LogP) is 1.64. The van der Waals surface area contributed by atoms with Gasteiger partial charge in [0.15, 0.2) is 0 Å². The molecule has 0 radical (unpaired) electrons. The maximum absolute atomic E-state index is 10.9. The minimum absolute atomic E-state index is 0.0609. The molecule has 5 nitrogen and oxygen atoms in total. The van der Waals surface area contributed by atoms with Gasteiger partial charge in [-0.1, -0.05) is 19.1 Å². The second-order valence-corrected chi connectivity index (χ2v) is 4.47. The van der Waals surface area contributed by atoms with Crippen molar-refractivity contribution in [2.45, 2.75) is 13.0 Å². The van der Waals surface area contributed by atoms with Gasteiger partial charge in [0.25, 0.3) is 0 Å². The van der Waals surface area contributed by atoms with E-state index < -0.39 is 12.1 Å². The van der Waals surface area contributed by atoms with Gasteiger partial charge < -0.3 is 15.4 Å². The fourth-order valence-electron chi connectivity index (χ4n) is 1.80. The van der Waals surface area contributed by atoms with Crippen LogP contribution >= 0.6 is 0 Å². The number of allylic oxidation sites excluding steroid dienone is 2. The van der Waals surface area contributed by atoms with Gasteiger partial charge in [-0.3, -0.25) is 4.90 Å². The molecule has 94 valence electrons. The first kappa shape index (κ1) is 13.3. The van der Waals surface area contributed by atoms with Crippen LogP contribution in [0.25, 0.3) is 0 Å². The summed E-state index contributed by atoms with van der Waals surface area (Å²) in [6, 6.07) is -0.457. The molecule has 0 saturated heterocycles. The Kier molecular flexibility index (Phi) is 3.93. The Labute approximate surface area is 102 Å². The first-order chi connectivity index (χ1) is 7.84. The Morgan fingerprint density at radius 1 is 1.47 bits per heavy atom. The summed E-state index contributed by atoms with van der Waals surface area (Å²) in [6.45, 7) is 1.92. The van der Waals surface area contributed by atoms with Gasteiger partial charge in [0.1, 0.15) is 0 Å². The van der Waals surface area contributed by atoms with Gasteiger partial charge in [-0.2, -0.15) is 0 Å². The van der Waals surface area contributed by atoms with E-state index in [-0.39, 0.29) is 5.92 Å². The Morgan fingerprint density at radius 3 is 2.53 bits per heavy atom. The fourth-order valence-corrected chi connectivity index (χ4v) is 1.80. The lowest BCUT2D eigenvalue weighted by atomic mass is 9.86. The summed E-state index contributed by atoms with van der Waals surface area (Å²) in [5, 5.41) is 17.0. The van der Waals surface area contributed by atoms with Crippen LogP contribution in [0.3, 0.4) is 0 Å². The van der Waals surface area contributed by atoms with Gasteiger partial charge in [-0.15, -0.1) is 0 Å². The number of amides is 1. The molecular formula is C12H19N3O2. The molecule has 1 rings (SSSR count). The first-order valence-electron chi connectivity index (χ1n) is 5.45. The van der Waals surface area contributed by atoms with E-state index in [0.717, 1.165) is 10.5 Å². The maximum atomic E-state index is 10.9. The van der Waals surface area contributed by atoms with Crippen molar-refractivity contribution < 1.29 is 9.90 Å². The zero-order valence-electron chi connectivity index (χ0n) is 10.6. The molecule has 2 atom stereocenters. The summed E-state index contributed by atoms with van der Waals surface area (Å²) in [4.78, 5) is 14.0. The molecule has 17 heavy (non-hydrogen) atoms. The van der Waals surface area contributed by atoms with E-state index in [4.69, 9.17) is 10.5 Å². The summed E-state index contributed by atoms with van der Waals surface area (Å²) >= 11 is 0. The fraction of sp³-hybridized carbons (Fsp3) is 0.500. The second-order valence-electron chi connectivity index (χ2n) is 4.47. The van der Waals surface area contributed by atoms with Crippen LogP contribution in [0.5, 0.6) is 0 Å². The molecule has 1 amide bonds. The summed E-state index contributed by atoms with van der Waals surface area (Å²) in [5.74, 6) is -0.0609. The summed E-state index contributed by atoms with van der Waals surface area (Å²) in [6.07, 6.45) is 4.59. The molecule has 0 aromatic rings. The Balaban J connectivity index is 2.98. The van der Waals surface area contributed by atoms with Crippen molar-refractivity contribution in [2.24, 2.45) is 5.92 Å². The minimum Gasteiger partial charge on any atom is -0.465 e. The molecule has 0 heterocycles. The minimum atomic E-state index is -1.02. The van der Waals surface area contributed by atoms with Gasteiger partial charge >= 0.3 is 6.09 Å². The number of hydrogen-bond donors (Lipinski definition) is 2. The number of nitrogens with zero attached hydrogens (tertiary/aromatic N) is 2. The summed E-state index contributed by atoms with van der Waals surface area (Å²) in [5.41, 5.74) is 1.43.